The van der Waals surface area contributed by atoms with E-state index in [1.807, 2.05) is 50.2 Å². The lowest BCUT2D eigenvalue weighted by molar-refractivity contribution is 0.0939. The third-order valence-electron chi connectivity index (χ3n) is 5.28. The summed E-state index contributed by atoms with van der Waals surface area (Å²) < 4.78 is 39.4. The number of nitrogens with one attached hydrogen (secondary N) is 2. The molecule has 0 heterocycles. The van der Waals surface area contributed by atoms with Crippen molar-refractivity contribution in [1.29, 1.82) is 0 Å². The summed E-state index contributed by atoms with van der Waals surface area (Å²) in [5.74, 6) is 0.378. The van der Waals surface area contributed by atoms with Gasteiger partial charge in [0.1, 0.15) is 16.4 Å². The molecule has 3 aromatic rings. The van der Waals surface area contributed by atoms with Gasteiger partial charge in [-0.05, 0) is 55.3 Å². The fourth-order valence-corrected chi connectivity index (χ4v) is 4.68. The van der Waals surface area contributed by atoms with Gasteiger partial charge in [0.05, 0.1) is 20.3 Å². The zero-order valence-corrected chi connectivity index (χ0v) is 19.9. The van der Waals surface area contributed by atoms with E-state index in [-0.39, 0.29) is 22.3 Å². The maximum absolute atomic E-state index is 13.1. The predicted octanol–water partition coefficient (Wildman–Crippen LogP) is 4.56. The van der Waals surface area contributed by atoms with Crippen molar-refractivity contribution in [1.82, 2.24) is 5.32 Å². The SMILES string of the molecule is CCc1ccc(NS(=O)(=O)c2cc(C(=O)NC(C)c3ccccc3OC)ccc2OC)cc1. The molecular formula is C25H28N2O5S. The molecule has 33 heavy (non-hydrogen) atoms. The summed E-state index contributed by atoms with van der Waals surface area (Å²) in [6, 6.07) is 18.5. The number of sulfonamides is 1. The van der Waals surface area contributed by atoms with E-state index in [4.69, 9.17) is 9.47 Å². The maximum Gasteiger partial charge on any atom is 0.265 e. The smallest absolute Gasteiger partial charge is 0.265 e. The Morgan fingerprint density at radius 1 is 0.939 bits per heavy atom. The minimum absolute atomic E-state index is 0.123. The molecule has 0 fully saturated rings. The van der Waals surface area contributed by atoms with Crippen LogP contribution in [0.25, 0.3) is 0 Å². The topological polar surface area (TPSA) is 93.7 Å². The maximum atomic E-state index is 13.1. The van der Waals surface area contributed by atoms with E-state index >= 15 is 0 Å². The van der Waals surface area contributed by atoms with Crippen molar-refractivity contribution in [3.63, 3.8) is 0 Å². The molecule has 7 nitrogen and oxygen atoms in total. The first kappa shape index (κ1) is 24.1. The van der Waals surface area contributed by atoms with E-state index in [1.165, 1.54) is 25.3 Å². The van der Waals surface area contributed by atoms with Crippen LogP contribution in [-0.4, -0.2) is 28.5 Å². The monoisotopic (exact) mass is 468 g/mol. The largest absolute Gasteiger partial charge is 0.496 e. The lowest BCUT2D eigenvalue weighted by atomic mass is 10.1. The number of rotatable bonds is 9. The van der Waals surface area contributed by atoms with Crippen molar-refractivity contribution in [3.8, 4) is 11.5 Å². The Bertz CT molecular complexity index is 1220. The minimum Gasteiger partial charge on any atom is -0.496 e. The molecule has 2 N–H and O–H groups in total. The van der Waals surface area contributed by atoms with Crippen LogP contribution < -0.4 is 19.5 Å². The Morgan fingerprint density at radius 3 is 2.24 bits per heavy atom. The molecule has 0 radical (unpaired) electrons. The fourth-order valence-electron chi connectivity index (χ4n) is 3.43. The number of aryl methyl sites for hydroxylation is 1. The zero-order chi connectivity index (χ0) is 24.0. The van der Waals surface area contributed by atoms with Crippen molar-refractivity contribution >= 4 is 21.6 Å². The Morgan fingerprint density at radius 2 is 1.61 bits per heavy atom. The quantitative estimate of drug-likeness (QED) is 0.480. The van der Waals surface area contributed by atoms with Crippen LogP contribution in [0.4, 0.5) is 5.69 Å². The van der Waals surface area contributed by atoms with Crippen LogP contribution in [0.2, 0.25) is 0 Å². The van der Waals surface area contributed by atoms with Gasteiger partial charge in [0.2, 0.25) is 0 Å². The highest BCUT2D eigenvalue weighted by molar-refractivity contribution is 7.92. The van der Waals surface area contributed by atoms with Crippen LogP contribution in [0.15, 0.2) is 71.6 Å². The van der Waals surface area contributed by atoms with Crippen molar-refractivity contribution in [2.75, 3.05) is 18.9 Å². The van der Waals surface area contributed by atoms with Gasteiger partial charge in [-0.3, -0.25) is 9.52 Å². The lowest BCUT2D eigenvalue weighted by Gasteiger charge is -2.18. The fraction of sp³-hybridized carbons (Fsp3) is 0.240. The van der Waals surface area contributed by atoms with Crippen molar-refractivity contribution in [2.45, 2.75) is 31.2 Å². The van der Waals surface area contributed by atoms with Crippen LogP contribution in [-0.2, 0) is 16.4 Å². The van der Waals surface area contributed by atoms with E-state index in [1.54, 1.807) is 19.2 Å². The molecule has 3 rings (SSSR count). The molecule has 0 bridgehead atoms. The summed E-state index contributed by atoms with van der Waals surface area (Å²) >= 11 is 0. The van der Waals surface area contributed by atoms with Gasteiger partial charge < -0.3 is 14.8 Å². The van der Waals surface area contributed by atoms with Crippen molar-refractivity contribution in [2.24, 2.45) is 0 Å². The summed E-state index contributed by atoms with van der Waals surface area (Å²) in [5.41, 5.74) is 2.53. The normalized spacial score (nSPS) is 12.0. The molecule has 0 aliphatic carbocycles. The second-order valence-corrected chi connectivity index (χ2v) is 9.11. The summed E-state index contributed by atoms with van der Waals surface area (Å²) in [7, 11) is -1.05. The Balaban J connectivity index is 1.86. The van der Waals surface area contributed by atoms with Gasteiger partial charge in [0.15, 0.2) is 0 Å². The van der Waals surface area contributed by atoms with Gasteiger partial charge in [-0.2, -0.15) is 0 Å². The van der Waals surface area contributed by atoms with Gasteiger partial charge in [-0.15, -0.1) is 0 Å². The molecule has 0 aliphatic heterocycles. The third kappa shape index (κ3) is 5.64. The lowest BCUT2D eigenvalue weighted by Crippen LogP contribution is -2.27. The summed E-state index contributed by atoms with van der Waals surface area (Å²) in [4.78, 5) is 12.8. The molecule has 0 aliphatic rings. The molecule has 8 heteroatoms. The first-order valence-corrected chi connectivity index (χ1v) is 12.0. The molecule has 3 aromatic carbocycles. The van der Waals surface area contributed by atoms with Crippen LogP contribution >= 0.6 is 0 Å². The molecular weight excluding hydrogens is 440 g/mol. The minimum atomic E-state index is -4.00. The first-order valence-electron chi connectivity index (χ1n) is 10.5. The van der Waals surface area contributed by atoms with Crippen LogP contribution in [0.3, 0.4) is 0 Å². The van der Waals surface area contributed by atoms with Gasteiger partial charge in [0.25, 0.3) is 15.9 Å². The third-order valence-corrected chi connectivity index (χ3v) is 6.69. The van der Waals surface area contributed by atoms with Crippen molar-refractivity contribution < 1.29 is 22.7 Å². The second-order valence-electron chi connectivity index (χ2n) is 7.46. The molecule has 1 unspecified atom stereocenters. The molecule has 0 spiro atoms. The number of anilines is 1. The van der Waals surface area contributed by atoms with Gasteiger partial charge >= 0.3 is 0 Å². The van der Waals surface area contributed by atoms with Gasteiger partial charge in [0, 0.05) is 16.8 Å². The molecule has 174 valence electrons. The average Bonchev–Trinajstić information content (AvgIpc) is 2.83. The standard InChI is InChI=1S/C25H28N2O5S/c1-5-18-10-13-20(14-11-18)27-33(29,30)24-16-19(12-15-23(24)32-4)25(28)26-17(2)21-8-6-7-9-22(21)31-3/h6-17,27H,5H2,1-4H3,(H,26,28). The van der Waals surface area contributed by atoms with Crippen LogP contribution in [0, 0.1) is 0 Å². The van der Waals surface area contributed by atoms with E-state index < -0.39 is 15.9 Å². The number of hydrogen-bond donors (Lipinski definition) is 2. The summed E-state index contributed by atoms with van der Waals surface area (Å²) in [6.45, 7) is 3.85. The Hall–Kier alpha value is -3.52. The van der Waals surface area contributed by atoms with E-state index in [0.717, 1.165) is 17.5 Å². The molecule has 1 atom stereocenters. The number of hydrogen-bond acceptors (Lipinski definition) is 5. The summed E-state index contributed by atoms with van der Waals surface area (Å²) in [5, 5.41) is 2.89. The highest BCUT2D eigenvalue weighted by Gasteiger charge is 2.23. The Kier molecular flexibility index (Phi) is 7.60. The first-order chi connectivity index (χ1) is 15.8. The molecule has 0 aromatic heterocycles. The highest BCUT2D eigenvalue weighted by Crippen LogP contribution is 2.28. The van der Waals surface area contributed by atoms with E-state index in [2.05, 4.69) is 10.0 Å². The van der Waals surface area contributed by atoms with E-state index in [0.29, 0.717) is 11.4 Å². The van der Waals surface area contributed by atoms with Crippen LogP contribution in [0.5, 0.6) is 11.5 Å². The number of carbonyl (C=O) groups is 1. The Labute approximate surface area is 194 Å². The number of methoxy groups -OCH3 is 2. The number of para-hydroxylation sites is 1. The van der Waals surface area contributed by atoms with Crippen LogP contribution in [0.1, 0.15) is 41.4 Å². The number of carbonyl (C=O) groups excluding carboxylic acids is 1. The zero-order valence-electron chi connectivity index (χ0n) is 19.1. The highest BCUT2D eigenvalue weighted by atomic mass is 32.2. The van der Waals surface area contributed by atoms with Gasteiger partial charge in [-0.1, -0.05) is 37.3 Å². The molecule has 1 amide bonds. The second kappa shape index (κ2) is 10.4. The molecule has 0 saturated carbocycles. The van der Waals surface area contributed by atoms with E-state index in [9.17, 15) is 13.2 Å². The summed E-state index contributed by atoms with van der Waals surface area (Å²) in [6.07, 6.45) is 0.852. The van der Waals surface area contributed by atoms with Gasteiger partial charge in [-0.25, -0.2) is 8.42 Å². The number of amides is 1. The molecule has 0 saturated heterocycles. The van der Waals surface area contributed by atoms with Crippen molar-refractivity contribution in [3.05, 3.63) is 83.4 Å². The number of ether oxygens (including phenoxy) is 2. The predicted molar refractivity (Wildman–Crippen MR) is 128 cm³/mol. The number of benzene rings is 3. The average molecular weight is 469 g/mol.